The summed E-state index contributed by atoms with van der Waals surface area (Å²) in [6.07, 6.45) is 1.71. The maximum Gasteiger partial charge on any atom is 0.298 e. The zero-order valence-corrected chi connectivity index (χ0v) is 13.9. The molecule has 1 heterocycles. The molecule has 120 valence electrons. The van der Waals surface area contributed by atoms with Crippen LogP contribution in [0.15, 0.2) is 35.4 Å². The lowest BCUT2D eigenvalue weighted by Gasteiger charge is -2.14. The van der Waals surface area contributed by atoms with Crippen molar-refractivity contribution in [1.29, 1.82) is 0 Å². The lowest BCUT2D eigenvalue weighted by molar-refractivity contribution is -0.624. The molecule has 7 heteroatoms. The molecule has 22 heavy (non-hydrogen) atoms. The predicted molar refractivity (Wildman–Crippen MR) is 84.6 cm³/mol. The van der Waals surface area contributed by atoms with Gasteiger partial charge in [-0.1, -0.05) is 17.7 Å². The third-order valence-corrected chi connectivity index (χ3v) is 4.27. The lowest BCUT2D eigenvalue weighted by atomic mass is 10.1. The molecule has 0 radical (unpaired) electrons. The standard InChI is InChI=1S/C9H12O3S.C6H9N3/c1-6-4-7(2)9(8(3)5-6)13(10,11)12;1-5-3-2-4-9(8)6(5)7/h4-5H,1-3H3,(H,10,11,12);2-4,7H,8H2,1H3. The first-order chi connectivity index (χ1) is 10.0. The van der Waals surface area contributed by atoms with E-state index in [9.17, 15) is 13.0 Å². The average molecular weight is 323 g/mol. The molecular weight excluding hydrogens is 302 g/mol. The molecule has 0 aliphatic carbocycles. The molecular formula is C15H21N3O3S. The Kier molecular flexibility index (Phi) is 5.51. The number of hydrogen-bond donors (Lipinski definition) is 2. The smallest absolute Gasteiger partial charge is 0.298 e. The van der Waals surface area contributed by atoms with E-state index in [1.165, 1.54) is 4.68 Å². The SMILES string of the molecule is Cc1cc(C)c(S(=O)(=O)[O-])c(C)c1.Cc1ccc[n+](N)c1N. The van der Waals surface area contributed by atoms with Gasteiger partial charge in [-0.25, -0.2) is 8.42 Å². The van der Waals surface area contributed by atoms with E-state index in [1.54, 1.807) is 32.2 Å². The number of aryl methyl sites for hydroxylation is 4. The summed E-state index contributed by atoms with van der Waals surface area (Å²) < 4.78 is 33.9. The third kappa shape index (κ3) is 4.44. The number of benzene rings is 1. The molecule has 0 unspecified atom stereocenters. The minimum Gasteiger partial charge on any atom is -0.744 e. The largest absolute Gasteiger partial charge is 0.744 e. The van der Waals surface area contributed by atoms with Crippen LogP contribution in [0.1, 0.15) is 22.3 Å². The molecule has 2 aromatic rings. The van der Waals surface area contributed by atoms with E-state index in [1.807, 2.05) is 26.0 Å². The number of nitrogens with two attached hydrogens (primary N) is 2. The van der Waals surface area contributed by atoms with Crippen molar-refractivity contribution in [2.75, 3.05) is 11.6 Å². The number of pyridine rings is 1. The number of hydrogen-bond acceptors (Lipinski definition) is 5. The highest BCUT2D eigenvalue weighted by Crippen LogP contribution is 2.20. The third-order valence-electron chi connectivity index (χ3n) is 3.13. The van der Waals surface area contributed by atoms with Crippen LogP contribution in [0.3, 0.4) is 0 Å². The van der Waals surface area contributed by atoms with Crippen molar-refractivity contribution in [1.82, 2.24) is 0 Å². The van der Waals surface area contributed by atoms with Crippen molar-refractivity contribution in [3.63, 3.8) is 0 Å². The molecule has 1 aromatic heterocycles. The number of rotatable bonds is 1. The van der Waals surface area contributed by atoms with Gasteiger partial charge in [0.25, 0.3) is 5.82 Å². The summed E-state index contributed by atoms with van der Waals surface area (Å²) in [4.78, 5) is -0.0851. The first-order valence-electron chi connectivity index (χ1n) is 6.59. The molecule has 0 spiro atoms. The Morgan fingerprint density at radius 3 is 1.91 bits per heavy atom. The highest BCUT2D eigenvalue weighted by molar-refractivity contribution is 7.85. The second-order valence-electron chi connectivity index (χ2n) is 5.17. The van der Waals surface area contributed by atoms with E-state index in [0.717, 1.165) is 11.1 Å². The van der Waals surface area contributed by atoms with Gasteiger partial charge in [-0.15, -0.1) is 4.68 Å². The van der Waals surface area contributed by atoms with Gasteiger partial charge in [-0.2, -0.15) is 0 Å². The molecule has 0 saturated carbocycles. The summed E-state index contributed by atoms with van der Waals surface area (Å²) in [5, 5.41) is 0. The molecule has 0 amide bonds. The first-order valence-corrected chi connectivity index (χ1v) is 8.00. The topological polar surface area (TPSA) is 113 Å². The monoisotopic (exact) mass is 323 g/mol. The molecule has 0 aliphatic rings. The zero-order valence-electron chi connectivity index (χ0n) is 13.1. The number of nitrogens with zero attached hydrogens (tertiary/aromatic N) is 1. The van der Waals surface area contributed by atoms with E-state index in [4.69, 9.17) is 11.6 Å². The normalized spacial score (nSPS) is 10.8. The van der Waals surface area contributed by atoms with Gasteiger partial charge in [0.1, 0.15) is 16.3 Å². The number of anilines is 1. The summed E-state index contributed by atoms with van der Waals surface area (Å²) in [6, 6.07) is 7.15. The Balaban J connectivity index is 0.000000235. The molecule has 2 rings (SSSR count). The summed E-state index contributed by atoms with van der Waals surface area (Å²) >= 11 is 0. The number of aromatic nitrogens is 1. The van der Waals surface area contributed by atoms with Gasteiger partial charge in [0.2, 0.25) is 0 Å². The Morgan fingerprint density at radius 2 is 1.55 bits per heavy atom. The minimum atomic E-state index is -4.33. The van der Waals surface area contributed by atoms with Crippen LogP contribution in [-0.4, -0.2) is 13.0 Å². The van der Waals surface area contributed by atoms with Crippen LogP contribution in [0.2, 0.25) is 0 Å². The van der Waals surface area contributed by atoms with Crippen LogP contribution in [0.4, 0.5) is 5.82 Å². The summed E-state index contributed by atoms with van der Waals surface area (Å²) in [5.74, 6) is 6.02. The van der Waals surface area contributed by atoms with Gasteiger partial charge < -0.3 is 4.55 Å². The van der Waals surface area contributed by atoms with Gasteiger partial charge in [-0.05, 0) is 51.0 Å². The molecule has 0 aliphatic heterocycles. The van der Waals surface area contributed by atoms with Crippen molar-refractivity contribution in [2.45, 2.75) is 32.6 Å². The van der Waals surface area contributed by atoms with Crippen LogP contribution < -0.4 is 16.3 Å². The van der Waals surface area contributed by atoms with E-state index < -0.39 is 10.1 Å². The minimum absolute atomic E-state index is 0.0851. The fourth-order valence-corrected chi connectivity index (χ4v) is 3.12. The van der Waals surface area contributed by atoms with Crippen molar-refractivity contribution in [3.05, 3.63) is 52.7 Å². The molecule has 0 saturated heterocycles. The van der Waals surface area contributed by atoms with Crippen molar-refractivity contribution >= 4 is 15.9 Å². The molecule has 0 atom stereocenters. The van der Waals surface area contributed by atoms with E-state index in [-0.39, 0.29) is 4.90 Å². The lowest BCUT2D eigenvalue weighted by Crippen LogP contribution is -2.46. The fourth-order valence-electron chi connectivity index (χ4n) is 2.21. The Morgan fingerprint density at radius 1 is 1.05 bits per heavy atom. The fraction of sp³-hybridized carbons (Fsp3) is 0.267. The Labute approximate surface area is 131 Å². The summed E-state index contributed by atoms with van der Waals surface area (Å²) in [7, 11) is -4.33. The van der Waals surface area contributed by atoms with Gasteiger partial charge in [0.15, 0.2) is 0 Å². The van der Waals surface area contributed by atoms with Crippen molar-refractivity contribution < 1.29 is 17.6 Å². The molecule has 1 aromatic carbocycles. The Bertz CT molecular complexity index is 743. The highest BCUT2D eigenvalue weighted by Gasteiger charge is 2.09. The second kappa shape index (κ2) is 6.76. The zero-order chi connectivity index (χ0) is 17.1. The van der Waals surface area contributed by atoms with Gasteiger partial charge in [0, 0.05) is 5.56 Å². The molecule has 0 fully saturated rings. The Hall–Kier alpha value is -2.12. The summed E-state index contributed by atoms with van der Waals surface area (Å²) in [6.45, 7) is 7.04. The van der Waals surface area contributed by atoms with Crippen molar-refractivity contribution in [3.8, 4) is 0 Å². The second-order valence-corrected chi connectivity index (χ2v) is 6.48. The van der Waals surface area contributed by atoms with Crippen LogP contribution >= 0.6 is 0 Å². The highest BCUT2D eigenvalue weighted by atomic mass is 32.2. The average Bonchev–Trinajstić information content (AvgIpc) is 2.33. The van der Waals surface area contributed by atoms with Crippen molar-refractivity contribution in [2.24, 2.45) is 0 Å². The predicted octanol–water partition coefficient (Wildman–Crippen LogP) is 1.09. The van der Waals surface area contributed by atoms with Gasteiger partial charge in [0.05, 0.1) is 4.90 Å². The molecule has 4 N–H and O–H groups in total. The van der Waals surface area contributed by atoms with E-state index >= 15 is 0 Å². The molecule has 6 nitrogen and oxygen atoms in total. The van der Waals surface area contributed by atoms with Crippen LogP contribution in [0, 0.1) is 27.7 Å². The van der Waals surface area contributed by atoms with E-state index in [2.05, 4.69) is 0 Å². The van der Waals surface area contributed by atoms with E-state index in [0.29, 0.717) is 16.9 Å². The quantitative estimate of drug-likeness (QED) is 0.463. The summed E-state index contributed by atoms with van der Waals surface area (Å²) in [5.41, 5.74) is 8.52. The molecule has 0 bridgehead atoms. The van der Waals surface area contributed by atoms with Crippen LogP contribution in [0.25, 0.3) is 0 Å². The van der Waals surface area contributed by atoms with Crippen LogP contribution in [0.5, 0.6) is 0 Å². The number of nitrogen functional groups attached to an aromatic ring is 2. The van der Waals surface area contributed by atoms with Gasteiger partial charge >= 0.3 is 0 Å². The maximum absolute atomic E-state index is 10.8. The first kappa shape index (κ1) is 17.9. The maximum atomic E-state index is 10.8. The van der Waals surface area contributed by atoms with Gasteiger partial charge in [-0.3, -0.25) is 11.6 Å². The van der Waals surface area contributed by atoms with Crippen LogP contribution in [-0.2, 0) is 10.1 Å².